The van der Waals surface area contributed by atoms with Crippen LogP contribution in [0.15, 0.2) is 12.1 Å². The van der Waals surface area contributed by atoms with Gasteiger partial charge in [0.1, 0.15) is 3.70 Å². The van der Waals surface area contributed by atoms with Crippen LogP contribution in [0.25, 0.3) is 0 Å². The zero-order valence-corrected chi connectivity index (χ0v) is 14.5. The fourth-order valence-electron chi connectivity index (χ4n) is 3.23. The summed E-state index contributed by atoms with van der Waals surface area (Å²) in [6, 6.07) is 4.55. The van der Waals surface area contributed by atoms with E-state index in [0.29, 0.717) is 6.04 Å². The molecule has 2 rings (SSSR count). The third-order valence-electron chi connectivity index (χ3n) is 3.70. The van der Waals surface area contributed by atoms with Crippen molar-refractivity contribution < 1.29 is 0 Å². The molecule has 1 aliphatic rings. The summed E-state index contributed by atoms with van der Waals surface area (Å²) < 4.78 is 0.931. The molecule has 1 aromatic rings. The predicted molar refractivity (Wildman–Crippen MR) is 87.5 cm³/mol. The summed E-state index contributed by atoms with van der Waals surface area (Å²) in [5.41, 5.74) is 0.300. The van der Waals surface area contributed by atoms with E-state index >= 15 is 0 Å². The molecular weight excluding hydrogens is 351 g/mol. The maximum atomic E-state index is 4.30. The van der Waals surface area contributed by atoms with Crippen LogP contribution in [0, 0.1) is 3.70 Å². The Labute approximate surface area is 129 Å². The van der Waals surface area contributed by atoms with Gasteiger partial charge in [-0.15, -0.1) is 10.2 Å². The number of piperidine rings is 1. The van der Waals surface area contributed by atoms with E-state index in [1.165, 1.54) is 0 Å². The summed E-state index contributed by atoms with van der Waals surface area (Å²) in [5.74, 6) is 0.957. The van der Waals surface area contributed by atoms with Crippen LogP contribution in [0.1, 0.15) is 40.5 Å². The number of hydrogen-bond acceptors (Lipinski definition) is 4. The predicted octanol–water partition coefficient (Wildman–Crippen LogP) is 2.83. The first-order valence-electron chi connectivity index (χ1n) is 6.70. The molecule has 0 aliphatic carbocycles. The van der Waals surface area contributed by atoms with Crippen LogP contribution >= 0.6 is 22.6 Å². The van der Waals surface area contributed by atoms with Gasteiger partial charge in [-0.1, -0.05) is 0 Å². The van der Waals surface area contributed by atoms with E-state index in [9.17, 15) is 0 Å². The van der Waals surface area contributed by atoms with Crippen LogP contribution < -0.4 is 10.2 Å². The van der Waals surface area contributed by atoms with Crippen molar-refractivity contribution in [1.82, 2.24) is 15.5 Å². The van der Waals surface area contributed by atoms with Gasteiger partial charge in [-0.05, 0) is 75.3 Å². The Kier molecular flexibility index (Phi) is 4.07. The molecule has 0 amide bonds. The van der Waals surface area contributed by atoms with E-state index in [4.69, 9.17) is 0 Å². The van der Waals surface area contributed by atoms with Crippen molar-refractivity contribution in [2.45, 2.75) is 57.7 Å². The monoisotopic (exact) mass is 374 g/mol. The molecule has 0 aromatic carbocycles. The van der Waals surface area contributed by atoms with E-state index in [0.717, 1.165) is 22.4 Å². The standard InChI is InChI=1S/C14H23IN4/c1-13(2)8-10(9-14(3,4)18-13)19(5)12-7-6-11(15)16-17-12/h6-7,10,18H,8-9H2,1-5H3. The first-order chi connectivity index (χ1) is 8.69. The third-order valence-corrected chi connectivity index (χ3v) is 4.27. The molecule has 0 saturated carbocycles. The molecule has 1 aliphatic heterocycles. The van der Waals surface area contributed by atoms with Gasteiger partial charge in [-0.25, -0.2) is 0 Å². The molecule has 0 spiro atoms. The molecule has 19 heavy (non-hydrogen) atoms. The van der Waals surface area contributed by atoms with Crippen LogP contribution in [0.3, 0.4) is 0 Å². The highest BCUT2D eigenvalue weighted by Crippen LogP contribution is 2.32. The first-order valence-corrected chi connectivity index (χ1v) is 7.78. The maximum Gasteiger partial charge on any atom is 0.151 e. The lowest BCUT2D eigenvalue weighted by Crippen LogP contribution is -2.62. The Morgan fingerprint density at radius 2 is 1.74 bits per heavy atom. The van der Waals surface area contributed by atoms with Gasteiger partial charge in [-0.2, -0.15) is 0 Å². The fraction of sp³-hybridized carbons (Fsp3) is 0.714. The minimum atomic E-state index is 0.150. The lowest BCUT2D eigenvalue weighted by molar-refractivity contribution is 0.160. The Hall–Kier alpha value is -0.430. The second-order valence-corrected chi connectivity index (χ2v) is 7.89. The molecule has 1 N–H and O–H groups in total. The summed E-state index contributed by atoms with van der Waals surface area (Å²) in [6.07, 6.45) is 2.22. The van der Waals surface area contributed by atoms with Crippen LogP contribution in [0.4, 0.5) is 5.82 Å². The maximum absolute atomic E-state index is 4.30. The van der Waals surface area contributed by atoms with Crippen molar-refractivity contribution in [2.24, 2.45) is 0 Å². The highest BCUT2D eigenvalue weighted by molar-refractivity contribution is 14.1. The number of nitrogens with one attached hydrogen (secondary N) is 1. The number of anilines is 1. The van der Waals surface area contributed by atoms with Gasteiger partial charge in [-0.3, -0.25) is 0 Å². The van der Waals surface area contributed by atoms with Crippen LogP contribution in [-0.2, 0) is 0 Å². The summed E-state index contributed by atoms with van der Waals surface area (Å²) in [5, 5.41) is 12.2. The number of rotatable bonds is 2. The molecule has 1 saturated heterocycles. The summed E-state index contributed by atoms with van der Waals surface area (Å²) in [4.78, 5) is 2.27. The quantitative estimate of drug-likeness (QED) is 0.809. The molecule has 0 radical (unpaired) electrons. The zero-order chi connectivity index (χ0) is 14.3. The van der Waals surface area contributed by atoms with Gasteiger partial charge in [0.05, 0.1) is 0 Å². The molecule has 4 nitrogen and oxygen atoms in total. The van der Waals surface area contributed by atoms with Gasteiger partial charge in [0.15, 0.2) is 5.82 Å². The van der Waals surface area contributed by atoms with Crippen LogP contribution in [0.5, 0.6) is 0 Å². The number of aromatic nitrogens is 2. The normalized spacial score (nSPS) is 22.2. The van der Waals surface area contributed by atoms with Crippen molar-refractivity contribution in [3.63, 3.8) is 0 Å². The number of halogens is 1. The van der Waals surface area contributed by atoms with E-state index in [2.05, 4.69) is 83.8 Å². The lowest BCUT2D eigenvalue weighted by Gasteiger charge is -2.49. The molecule has 5 heteroatoms. The van der Waals surface area contributed by atoms with Crippen molar-refractivity contribution in [3.8, 4) is 0 Å². The van der Waals surface area contributed by atoms with Gasteiger partial charge >= 0.3 is 0 Å². The Morgan fingerprint density at radius 3 is 2.21 bits per heavy atom. The second-order valence-electron chi connectivity index (χ2n) is 6.78. The van der Waals surface area contributed by atoms with E-state index < -0.39 is 0 Å². The van der Waals surface area contributed by atoms with E-state index in [1.807, 2.05) is 6.07 Å². The molecule has 1 fully saturated rings. The zero-order valence-electron chi connectivity index (χ0n) is 12.4. The Morgan fingerprint density at radius 1 is 1.16 bits per heavy atom. The Bertz CT molecular complexity index is 425. The molecule has 1 aromatic heterocycles. The lowest BCUT2D eigenvalue weighted by atomic mass is 9.79. The van der Waals surface area contributed by atoms with Gasteiger partial charge in [0.2, 0.25) is 0 Å². The summed E-state index contributed by atoms with van der Waals surface area (Å²) >= 11 is 2.18. The summed E-state index contributed by atoms with van der Waals surface area (Å²) in [6.45, 7) is 9.09. The second kappa shape index (κ2) is 5.16. The van der Waals surface area contributed by atoms with Crippen molar-refractivity contribution in [3.05, 3.63) is 15.8 Å². The fourth-order valence-corrected chi connectivity index (χ4v) is 3.51. The molecular formula is C14H23IN4. The summed E-state index contributed by atoms with van der Waals surface area (Å²) in [7, 11) is 2.12. The van der Waals surface area contributed by atoms with Crippen LogP contribution in [0.2, 0.25) is 0 Å². The average molecular weight is 374 g/mol. The number of nitrogens with zero attached hydrogens (tertiary/aromatic N) is 3. The Balaban J connectivity index is 2.18. The van der Waals surface area contributed by atoms with Gasteiger partial charge in [0, 0.05) is 24.2 Å². The van der Waals surface area contributed by atoms with Crippen LogP contribution in [-0.4, -0.2) is 34.4 Å². The van der Waals surface area contributed by atoms with Crippen molar-refractivity contribution >= 4 is 28.4 Å². The highest BCUT2D eigenvalue weighted by atomic mass is 127. The molecule has 0 atom stereocenters. The van der Waals surface area contributed by atoms with Crippen molar-refractivity contribution in [2.75, 3.05) is 11.9 Å². The number of hydrogen-bond donors (Lipinski definition) is 1. The first kappa shape index (κ1) is 15.0. The molecule has 2 heterocycles. The SMILES string of the molecule is CN(c1ccc(I)nn1)C1CC(C)(C)NC(C)(C)C1. The topological polar surface area (TPSA) is 41.1 Å². The molecule has 0 bridgehead atoms. The largest absolute Gasteiger partial charge is 0.355 e. The van der Waals surface area contributed by atoms with E-state index in [-0.39, 0.29) is 11.1 Å². The molecule has 0 unspecified atom stereocenters. The average Bonchev–Trinajstić information content (AvgIpc) is 2.25. The van der Waals surface area contributed by atoms with E-state index in [1.54, 1.807) is 0 Å². The minimum Gasteiger partial charge on any atom is -0.355 e. The van der Waals surface area contributed by atoms with Gasteiger partial charge < -0.3 is 10.2 Å². The minimum absolute atomic E-state index is 0.150. The van der Waals surface area contributed by atoms with Gasteiger partial charge in [0.25, 0.3) is 0 Å². The smallest absolute Gasteiger partial charge is 0.151 e. The highest BCUT2D eigenvalue weighted by Gasteiger charge is 2.39. The van der Waals surface area contributed by atoms with Crippen molar-refractivity contribution in [1.29, 1.82) is 0 Å². The molecule has 106 valence electrons. The third kappa shape index (κ3) is 3.78.